The molecule has 0 aliphatic carbocycles. The zero-order valence-electron chi connectivity index (χ0n) is 19.4. The van der Waals surface area contributed by atoms with E-state index in [9.17, 15) is 4.79 Å². The molecule has 4 rings (SSSR count). The number of morpholine rings is 1. The first-order chi connectivity index (χ1) is 15.9. The summed E-state index contributed by atoms with van der Waals surface area (Å²) in [5, 5.41) is 4.48. The van der Waals surface area contributed by atoms with Crippen LogP contribution in [0.5, 0.6) is 0 Å². The molecule has 3 aromatic rings. The average molecular weight is 512 g/mol. The number of hydrogen-bond donors (Lipinski definition) is 0. The molecule has 1 aliphatic heterocycles. The molecule has 174 valence electrons. The van der Waals surface area contributed by atoms with Crippen molar-refractivity contribution in [2.45, 2.75) is 27.3 Å². The number of nitrogens with zero attached hydrogens (tertiary/aromatic N) is 3. The molecule has 33 heavy (non-hydrogen) atoms. The van der Waals surface area contributed by atoms with Crippen molar-refractivity contribution >= 4 is 27.7 Å². The van der Waals surface area contributed by atoms with E-state index in [0.29, 0.717) is 37.8 Å². The Balaban J connectivity index is 1.75. The zero-order chi connectivity index (χ0) is 23.4. The van der Waals surface area contributed by atoms with Gasteiger partial charge in [0.1, 0.15) is 5.69 Å². The zero-order valence-corrected chi connectivity index (χ0v) is 21.0. The maximum Gasteiger partial charge on any atom is 0.254 e. The van der Waals surface area contributed by atoms with Crippen LogP contribution in [-0.4, -0.2) is 48.8 Å². The van der Waals surface area contributed by atoms with Crippen molar-refractivity contribution < 1.29 is 14.1 Å². The van der Waals surface area contributed by atoms with Crippen LogP contribution in [0.1, 0.15) is 35.3 Å². The van der Waals surface area contributed by atoms with E-state index in [2.05, 4.69) is 58.9 Å². The van der Waals surface area contributed by atoms with Crippen molar-refractivity contribution in [3.63, 3.8) is 0 Å². The third kappa shape index (κ3) is 5.65. The highest BCUT2D eigenvalue weighted by Crippen LogP contribution is 2.34. The summed E-state index contributed by atoms with van der Waals surface area (Å²) in [6, 6.07) is 15.8. The second-order valence-corrected chi connectivity index (χ2v) is 9.79. The van der Waals surface area contributed by atoms with Gasteiger partial charge in [-0.05, 0) is 37.1 Å². The molecule has 0 N–H and O–H groups in total. The molecule has 2 heterocycles. The molecule has 6 nitrogen and oxygen atoms in total. The van der Waals surface area contributed by atoms with Crippen molar-refractivity contribution in [2.75, 3.05) is 37.7 Å². The minimum atomic E-state index is -0.00526. The van der Waals surface area contributed by atoms with Gasteiger partial charge in [-0.15, -0.1) is 0 Å². The Kier molecular flexibility index (Phi) is 7.50. The normalized spacial score (nSPS) is 14.0. The number of ether oxygens (including phenoxy) is 1. The summed E-state index contributed by atoms with van der Waals surface area (Å²) in [4.78, 5) is 17.6. The summed E-state index contributed by atoms with van der Waals surface area (Å²) in [6.45, 7) is 10.1. The smallest absolute Gasteiger partial charge is 0.254 e. The van der Waals surface area contributed by atoms with Crippen LogP contribution in [-0.2, 0) is 11.3 Å². The Morgan fingerprint density at radius 3 is 2.61 bits per heavy atom. The van der Waals surface area contributed by atoms with E-state index in [-0.39, 0.29) is 5.91 Å². The van der Waals surface area contributed by atoms with Crippen LogP contribution in [0.2, 0.25) is 0 Å². The van der Waals surface area contributed by atoms with Gasteiger partial charge in [0, 0.05) is 35.2 Å². The van der Waals surface area contributed by atoms with Gasteiger partial charge in [0.05, 0.1) is 25.3 Å². The highest BCUT2D eigenvalue weighted by Gasteiger charge is 2.28. The number of benzene rings is 2. The summed E-state index contributed by atoms with van der Waals surface area (Å²) in [7, 11) is 0. The van der Waals surface area contributed by atoms with Crippen molar-refractivity contribution in [1.82, 2.24) is 10.1 Å². The van der Waals surface area contributed by atoms with Gasteiger partial charge in [-0.25, -0.2) is 0 Å². The fraction of sp³-hybridized carbons (Fsp3) is 0.385. The lowest BCUT2D eigenvalue weighted by Crippen LogP contribution is -2.38. The third-order valence-corrected chi connectivity index (χ3v) is 6.14. The van der Waals surface area contributed by atoms with Crippen LogP contribution in [0.25, 0.3) is 11.3 Å². The lowest BCUT2D eigenvalue weighted by Gasteiger charge is -2.29. The van der Waals surface area contributed by atoms with Gasteiger partial charge >= 0.3 is 0 Å². The van der Waals surface area contributed by atoms with Crippen molar-refractivity contribution in [2.24, 2.45) is 5.92 Å². The summed E-state index contributed by atoms with van der Waals surface area (Å²) < 4.78 is 12.3. The van der Waals surface area contributed by atoms with Crippen molar-refractivity contribution in [3.05, 3.63) is 69.7 Å². The number of carbonyl (C=O) groups excluding carboxylic acids is 1. The van der Waals surface area contributed by atoms with E-state index in [1.165, 1.54) is 0 Å². The SMILES string of the molecule is Cc1cccc(-c2noc(N3CCOCC3)c2CN(CC(C)C)C(=O)c2cccc(Br)c2)c1. The monoisotopic (exact) mass is 511 g/mol. The quantitative estimate of drug-likeness (QED) is 0.416. The van der Waals surface area contributed by atoms with Gasteiger partial charge in [-0.2, -0.15) is 0 Å². The maximum absolute atomic E-state index is 13.6. The van der Waals surface area contributed by atoms with Gasteiger partial charge in [-0.1, -0.05) is 64.8 Å². The Morgan fingerprint density at radius 1 is 1.15 bits per heavy atom. The Hall–Kier alpha value is -2.64. The molecule has 1 aromatic heterocycles. The first-order valence-electron chi connectivity index (χ1n) is 11.4. The van der Waals surface area contributed by atoms with E-state index in [0.717, 1.165) is 45.8 Å². The molecule has 7 heteroatoms. The van der Waals surface area contributed by atoms with E-state index in [4.69, 9.17) is 9.26 Å². The Bertz CT molecular complexity index is 1110. The number of anilines is 1. The molecular formula is C26H30BrN3O3. The molecule has 0 spiro atoms. The lowest BCUT2D eigenvalue weighted by molar-refractivity contribution is 0.0722. The topological polar surface area (TPSA) is 58.8 Å². The van der Waals surface area contributed by atoms with Crippen molar-refractivity contribution in [3.8, 4) is 11.3 Å². The minimum Gasteiger partial charge on any atom is -0.378 e. The summed E-state index contributed by atoms with van der Waals surface area (Å²) in [5.41, 5.74) is 4.53. The van der Waals surface area contributed by atoms with Crippen LogP contribution in [0.15, 0.2) is 57.5 Å². The lowest BCUT2D eigenvalue weighted by atomic mass is 10.0. The number of rotatable bonds is 7. The molecule has 1 fully saturated rings. The van der Waals surface area contributed by atoms with Gasteiger partial charge in [-0.3, -0.25) is 4.79 Å². The Labute approximate surface area is 203 Å². The van der Waals surface area contributed by atoms with Crippen LogP contribution < -0.4 is 4.90 Å². The van der Waals surface area contributed by atoms with E-state index < -0.39 is 0 Å². The minimum absolute atomic E-state index is 0.00526. The van der Waals surface area contributed by atoms with Gasteiger partial charge < -0.3 is 19.1 Å². The highest BCUT2D eigenvalue weighted by molar-refractivity contribution is 9.10. The molecule has 1 amide bonds. The molecule has 1 aliphatic rings. The van der Waals surface area contributed by atoms with Gasteiger partial charge in [0.15, 0.2) is 0 Å². The van der Waals surface area contributed by atoms with E-state index in [1.54, 1.807) is 0 Å². The standard InChI is InChI=1S/C26H30BrN3O3/c1-18(2)16-30(25(31)21-8-5-9-22(27)15-21)17-23-24(20-7-4-6-19(3)14-20)28-33-26(23)29-10-12-32-13-11-29/h4-9,14-15,18H,10-13,16-17H2,1-3H3. The highest BCUT2D eigenvalue weighted by atomic mass is 79.9. The molecular weight excluding hydrogens is 482 g/mol. The molecule has 2 aromatic carbocycles. The first kappa shape index (κ1) is 23.5. The van der Waals surface area contributed by atoms with E-state index in [1.807, 2.05) is 41.3 Å². The predicted molar refractivity (Wildman–Crippen MR) is 133 cm³/mol. The summed E-state index contributed by atoms with van der Waals surface area (Å²) in [5.74, 6) is 1.04. The number of amides is 1. The first-order valence-corrected chi connectivity index (χ1v) is 12.1. The number of aryl methyl sites for hydroxylation is 1. The number of halogens is 1. The maximum atomic E-state index is 13.6. The van der Waals surface area contributed by atoms with Crippen LogP contribution in [0, 0.1) is 12.8 Å². The molecule has 0 bridgehead atoms. The van der Waals surface area contributed by atoms with Crippen molar-refractivity contribution in [1.29, 1.82) is 0 Å². The third-order valence-electron chi connectivity index (χ3n) is 5.65. The summed E-state index contributed by atoms with van der Waals surface area (Å²) in [6.07, 6.45) is 0. The second-order valence-electron chi connectivity index (χ2n) is 8.87. The molecule has 0 atom stereocenters. The number of hydrogen-bond acceptors (Lipinski definition) is 5. The fourth-order valence-electron chi connectivity index (χ4n) is 4.13. The molecule has 0 saturated carbocycles. The van der Waals surface area contributed by atoms with E-state index >= 15 is 0 Å². The van der Waals surface area contributed by atoms with Gasteiger partial charge in [0.25, 0.3) is 5.91 Å². The van der Waals surface area contributed by atoms with Crippen LogP contribution in [0.3, 0.4) is 0 Å². The summed E-state index contributed by atoms with van der Waals surface area (Å²) >= 11 is 3.49. The largest absolute Gasteiger partial charge is 0.378 e. The molecule has 0 unspecified atom stereocenters. The molecule has 1 saturated heterocycles. The predicted octanol–water partition coefficient (Wildman–Crippen LogP) is 5.55. The Morgan fingerprint density at radius 2 is 1.91 bits per heavy atom. The van der Waals surface area contributed by atoms with Gasteiger partial charge in [0.2, 0.25) is 5.88 Å². The number of aromatic nitrogens is 1. The van der Waals surface area contributed by atoms with Crippen LogP contribution >= 0.6 is 15.9 Å². The average Bonchev–Trinajstić information content (AvgIpc) is 3.22. The number of carbonyl (C=O) groups is 1. The second kappa shape index (κ2) is 10.5. The fourth-order valence-corrected chi connectivity index (χ4v) is 4.53. The molecule has 0 radical (unpaired) electrons. The van der Waals surface area contributed by atoms with Crippen LogP contribution in [0.4, 0.5) is 5.88 Å².